The van der Waals surface area contributed by atoms with Crippen LogP contribution >= 0.6 is 0 Å². The lowest BCUT2D eigenvalue weighted by Gasteiger charge is -2.11. The number of ketones is 1. The number of aromatic nitrogens is 1. The lowest BCUT2D eigenvalue weighted by molar-refractivity contribution is 0.0281. The molecule has 2 aromatic rings. The van der Waals surface area contributed by atoms with Gasteiger partial charge in [-0.1, -0.05) is 5.16 Å². The molecule has 0 bridgehead atoms. The summed E-state index contributed by atoms with van der Waals surface area (Å²) < 4.78 is 14.9. The summed E-state index contributed by atoms with van der Waals surface area (Å²) in [5.74, 6) is -0.401. The highest BCUT2D eigenvalue weighted by molar-refractivity contribution is 6.01. The van der Waals surface area contributed by atoms with Gasteiger partial charge in [0.2, 0.25) is 11.5 Å². The summed E-state index contributed by atoms with van der Waals surface area (Å²) in [5, 5.41) is 3.59. The number of hydrogen-bond acceptors (Lipinski definition) is 6. The maximum Gasteiger partial charge on any atom is 0.377 e. The Morgan fingerprint density at radius 3 is 2.43 bits per heavy atom. The molecule has 0 saturated heterocycles. The smallest absolute Gasteiger partial charge is 0.377 e. The number of esters is 1. The third-order valence-electron chi connectivity index (χ3n) is 2.86. The number of ether oxygens (including phenoxy) is 2. The Balaban J connectivity index is 2.03. The van der Waals surface area contributed by atoms with Gasteiger partial charge in [-0.25, -0.2) is 4.79 Å². The van der Waals surface area contributed by atoms with Crippen molar-refractivity contribution in [2.45, 2.75) is 20.0 Å². The van der Waals surface area contributed by atoms with E-state index >= 15 is 0 Å². The van der Waals surface area contributed by atoms with E-state index in [4.69, 9.17) is 14.0 Å². The quantitative estimate of drug-likeness (QED) is 0.621. The van der Waals surface area contributed by atoms with Crippen LogP contribution in [0.2, 0.25) is 0 Å². The Morgan fingerprint density at radius 1 is 1.24 bits per heavy atom. The second kappa shape index (κ2) is 6.21. The zero-order chi connectivity index (χ0) is 15.4. The minimum atomic E-state index is -0.920. The van der Waals surface area contributed by atoms with Gasteiger partial charge in [-0.15, -0.1) is 0 Å². The number of Topliss-reactive ketones (excluding diaryl/α,β-unsaturated/α-hetero) is 1. The lowest BCUT2D eigenvalue weighted by atomic mass is 10.1. The average molecular weight is 289 g/mol. The summed E-state index contributed by atoms with van der Waals surface area (Å²) in [6, 6.07) is 8.02. The van der Waals surface area contributed by atoms with Gasteiger partial charge in [0, 0.05) is 11.6 Å². The Hall–Kier alpha value is -2.63. The predicted octanol–water partition coefficient (Wildman–Crippen LogP) is 2.42. The molecular weight excluding hydrogens is 274 g/mol. The standard InChI is InChI=1S/C15H15NO5/c1-9-8-13(21-16-9)15(18)20-10(2)14(17)11-4-6-12(19-3)7-5-11/h4-8,10H,1-3H3/t10-/m0/s1. The van der Waals surface area contributed by atoms with Crippen molar-refractivity contribution in [3.8, 4) is 5.75 Å². The van der Waals surface area contributed by atoms with Crippen molar-refractivity contribution in [2.75, 3.05) is 7.11 Å². The van der Waals surface area contributed by atoms with E-state index in [1.54, 1.807) is 38.3 Å². The Morgan fingerprint density at radius 2 is 1.90 bits per heavy atom. The Bertz CT molecular complexity index is 644. The van der Waals surface area contributed by atoms with E-state index in [2.05, 4.69) is 5.16 Å². The van der Waals surface area contributed by atoms with Crippen LogP contribution in [0.25, 0.3) is 0 Å². The van der Waals surface area contributed by atoms with Gasteiger partial charge in [-0.3, -0.25) is 4.79 Å². The molecule has 0 unspecified atom stereocenters. The number of carbonyl (C=O) groups is 2. The number of nitrogens with zero attached hydrogens (tertiary/aromatic N) is 1. The molecule has 2 rings (SSSR count). The minimum Gasteiger partial charge on any atom is -0.497 e. The molecule has 0 amide bonds. The molecule has 0 N–H and O–H groups in total. The van der Waals surface area contributed by atoms with Gasteiger partial charge >= 0.3 is 5.97 Å². The van der Waals surface area contributed by atoms with Gasteiger partial charge in [-0.2, -0.15) is 0 Å². The summed E-state index contributed by atoms with van der Waals surface area (Å²) in [4.78, 5) is 23.9. The first-order valence-electron chi connectivity index (χ1n) is 6.34. The van der Waals surface area contributed by atoms with E-state index in [1.807, 2.05) is 0 Å². The molecule has 1 aromatic heterocycles. The number of carbonyl (C=O) groups excluding carboxylic acids is 2. The Labute approximate surface area is 121 Å². The Kier molecular flexibility index (Phi) is 4.37. The van der Waals surface area contributed by atoms with Crippen molar-refractivity contribution in [3.05, 3.63) is 47.3 Å². The van der Waals surface area contributed by atoms with E-state index in [9.17, 15) is 9.59 Å². The van der Waals surface area contributed by atoms with Crippen molar-refractivity contribution in [3.63, 3.8) is 0 Å². The van der Waals surface area contributed by atoms with Crippen molar-refractivity contribution in [2.24, 2.45) is 0 Å². The normalized spacial score (nSPS) is 11.8. The third-order valence-corrected chi connectivity index (χ3v) is 2.86. The summed E-state index contributed by atoms with van der Waals surface area (Å²) in [7, 11) is 1.54. The monoisotopic (exact) mass is 289 g/mol. The van der Waals surface area contributed by atoms with Crippen LogP contribution in [0.4, 0.5) is 0 Å². The van der Waals surface area contributed by atoms with Crippen LogP contribution in [0.15, 0.2) is 34.9 Å². The predicted molar refractivity (Wildman–Crippen MR) is 73.4 cm³/mol. The highest BCUT2D eigenvalue weighted by atomic mass is 16.6. The molecule has 0 fully saturated rings. The summed E-state index contributed by atoms with van der Waals surface area (Å²) >= 11 is 0. The minimum absolute atomic E-state index is 0.0260. The molecular formula is C15H15NO5. The average Bonchev–Trinajstić information content (AvgIpc) is 2.93. The lowest BCUT2D eigenvalue weighted by Crippen LogP contribution is -2.24. The highest BCUT2D eigenvalue weighted by Crippen LogP contribution is 2.14. The number of aryl methyl sites for hydroxylation is 1. The van der Waals surface area contributed by atoms with Gasteiger partial charge in [0.1, 0.15) is 5.75 Å². The van der Waals surface area contributed by atoms with Crippen LogP contribution < -0.4 is 4.74 Å². The molecule has 0 aliphatic heterocycles. The van der Waals surface area contributed by atoms with E-state index in [0.29, 0.717) is 17.0 Å². The van der Waals surface area contributed by atoms with Gasteiger partial charge in [0.25, 0.3) is 0 Å². The second-order valence-corrected chi connectivity index (χ2v) is 4.47. The van der Waals surface area contributed by atoms with E-state index < -0.39 is 12.1 Å². The van der Waals surface area contributed by atoms with Gasteiger partial charge in [0.15, 0.2) is 6.10 Å². The zero-order valence-electron chi connectivity index (χ0n) is 12.0. The van der Waals surface area contributed by atoms with Gasteiger partial charge < -0.3 is 14.0 Å². The summed E-state index contributed by atoms with van der Waals surface area (Å²) in [6.07, 6.45) is -0.920. The van der Waals surface area contributed by atoms with Gasteiger partial charge in [-0.05, 0) is 38.1 Å². The van der Waals surface area contributed by atoms with Crippen LogP contribution in [-0.4, -0.2) is 30.1 Å². The maximum atomic E-state index is 12.2. The molecule has 0 saturated carbocycles. The first-order valence-corrected chi connectivity index (χ1v) is 6.34. The highest BCUT2D eigenvalue weighted by Gasteiger charge is 2.22. The molecule has 6 nitrogen and oxygen atoms in total. The van der Waals surface area contributed by atoms with Crippen LogP contribution in [-0.2, 0) is 4.74 Å². The molecule has 1 heterocycles. The molecule has 6 heteroatoms. The van der Waals surface area contributed by atoms with Crippen LogP contribution in [0, 0.1) is 6.92 Å². The first kappa shape index (κ1) is 14.8. The van der Waals surface area contributed by atoms with E-state index in [-0.39, 0.29) is 11.5 Å². The first-order chi connectivity index (χ1) is 10.0. The molecule has 0 spiro atoms. The maximum absolute atomic E-state index is 12.2. The zero-order valence-corrected chi connectivity index (χ0v) is 12.0. The SMILES string of the molecule is COc1ccc(C(=O)[C@H](C)OC(=O)c2cc(C)no2)cc1. The number of rotatable bonds is 5. The van der Waals surface area contributed by atoms with Crippen molar-refractivity contribution >= 4 is 11.8 Å². The summed E-state index contributed by atoms with van der Waals surface area (Å²) in [5.41, 5.74) is 1.00. The molecule has 21 heavy (non-hydrogen) atoms. The molecule has 0 aliphatic rings. The largest absolute Gasteiger partial charge is 0.497 e. The topological polar surface area (TPSA) is 78.6 Å². The van der Waals surface area contributed by atoms with Crippen LogP contribution in [0.1, 0.15) is 33.5 Å². The number of methoxy groups -OCH3 is 1. The number of benzene rings is 1. The van der Waals surface area contributed by atoms with E-state index in [1.165, 1.54) is 13.0 Å². The van der Waals surface area contributed by atoms with Gasteiger partial charge in [0.05, 0.1) is 12.8 Å². The fourth-order valence-corrected chi connectivity index (χ4v) is 1.72. The fourth-order valence-electron chi connectivity index (χ4n) is 1.72. The fraction of sp³-hybridized carbons (Fsp3) is 0.267. The van der Waals surface area contributed by atoms with E-state index in [0.717, 1.165) is 0 Å². The molecule has 0 aliphatic carbocycles. The van der Waals surface area contributed by atoms with Crippen molar-refractivity contribution < 1.29 is 23.6 Å². The molecule has 0 radical (unpaired) electrons. The molecule has 1 aromatic carbocycles. The van der Waals surface area contributed by atoms with Crippen molar-refractivity contribution in [1.82, 2.24) is 5.16 Å². The third kappa shape index (κ3) is 3.47. The van der Waals surface area contributed by atoms with Crippen molar-refractivity contribution in [1.29, 1.82) is 0 Å². The second-order valence-electron chi connectivity index (χ2n) is 4.47. The van der Waals surface area contributed by atoms with Crippen LogP contribution in [0.3, 0.4) is 0 Å². The number of hydrogen-bond donors (Lipinski definition) is 0. The summed E-state index contributed by atoms with van der Waals surface area (Å²) in [6.45, 7) is 3.19. The molecule has 1 atom stereocenters. The molecule has 110 valence electrons. The van der Waals surface area contributed by atoms with Crippen LogP contribution in [0.5, 0.6) is 5.75 Å².